The van der Waals surface area contributed by atoms with Crippen LogP contribution in [0.15, 0.2) is 24.3 Å². The molecule has 0 atom stereocenters. The molecule has 1 aromatic carbocycles. The fraction of sp³-hybridized carbons (Fsp3) is 0.100. The third kappa shape index (κ3) is 3.04. The van der Waals surface area contributed by atoms with Crippen LogP contribution in [0.4, 0.5) is 0 Å². The van der Waals surface area contributed by atoms with Gasteiger partial charge in [-0.2, -0.15) is 5.26 Å². The molecule has 1 aromatic rings. The van der Waals surface area contributed by atoms with Crippen molar-refractivity contribution in [3.05, 3.63) is 35.4 Å². The fourth-order valence-electron chi connectivity index (χ4n) is 1.10. The normalized spacial score (nSPS) is 8.80. The van der Waals surface area contributed by atoms with Crippen molar-refractivity contribution in [3.8, 4) is 6.19 Å². The van der Waals surface area contributed by atoms with E-state index in [4.69, 9.17) is 22.9 Å². The highest BCUT2D eigenvalue weighted by Gasteiger charge is 2.05. The predicted octanol–water partition coefficient (Wildman–Crippen LogP) is 1.27. The van der Waals surface area contributed by atoms with E-state index in [0.29, 0.717) is 4.99 Å². The zero-order valence-corrected chi connectivity index (χ0v) is 8.98. The van der Waals surface area contributed by atoms with E-state index in [0.717, 1.165) is 11.1 Å². The summed E-state index contributed by atoms with van der Waals surface area (Å²) in [5, 5.41) is 20.4. The third-order valence-electron chi connectivity index (χ3n) is 1.81. The molecule has 0 aliphatic rings. The molecule has 0 fully saturated rings. The van der Waals surface area contributed by atoms with Gasteiger partial charge in [-0.15, -0.1) is 0 Å². The first-order chi connectivity index (χ1) is 7.15. The molecule has 0 amide bonds. The van der Waals surface area contributed by atoms with Gasteiger partial charge in [0.1, 0.15) is 4.99 Å². The van der Waals surface area contributed by atoms with E-state index in [2.05, 4.69) is 10.6 Å². The minimum atomic E-state index is -0.120. The Morgan fingerprint density at radius 2 is 2.13 bits per heavy atom. The number of guanidine groups is 1. The van der Waals surface area contributed by atoms with E-state index in [1.807, 2.05) is 31.2 Å². The van der Waals surface area contributed by atoms with Gasteiger partial charge in [-0.3, -0.25) is 10.7 Å². The van der Waals surface area contributed by atoms with Gasteiger partial charge >= 0.3 is 0 Å². The van der Waals surface area contributed by atoms with E-state index in [1.165, 1.54) is 0 Å². The van der Waals surface area contributed by atoms with Crippen LogP contribution in [-0.4, -0.2) is 10.9 Å². The molecule has 1 rings (SSSR count). The number of hydrogen-bond acceptors (Lipinski definition) is 3. The van der Waals surface area contributed by atoms with Crippen LogP contribution in [0.5, 0.6) is 0 Å². The standard InChI is InChI=1S/C10H10N4S/c1-7-4-2-3-5-8(7)9(15)14-10(12)13-6-11/h2-5H,1H3,(H3,12,13,14,15). The van der Waals surface area contributed by atoms with Crippen molar-refractivity contribution in [3.63, 3.8) is 0 Å². The lowest BCUT2D eigenvalue weighted by molar-refractivity contribution is 1.13. The van der Waals surface area contributed by atoms with E-state index >= 15 is 0 Å². The number of thiocarbonyl (C=S) groups is 1. The summed E-state index contributed by atoms with van der Waals surface area (Å²) in [6.07, 6.45) is 1.64. The highest BCUT2D eigenvalue weighted by Crippen LogP contribution is 2.06. The van der Waals surface area contributed by atoms with Crippen LogP contribution in [0.1, 0.15) is 11.1 Å². The molecule has 0 saturated heterocycles. The van der Waals surface area contributed by atoms with Crippen molar-refractivity contribution in [1.29, 1.82) is 10.7 Å². The van der Waals surface area contributed by atoms with E-state index in [1.54, 1.807) is 6.19 Å². The molecule has 0 heterocycles. The maximum absolute atomic E-state index is 8.29. The minimum Gasteiger partial charge on any atom is -0.316 e. The maximum atomic E-state index is 8.29. The van der Waals surface area contributed by atoms with Gasteiger partial charge in [-0.25, -0.2) is 0 Å². The predicted molar refractivity (Wildman–Crippen MR) is 62.5 cm³/mol. The number of aryl methyl sites for hydroxylation is 1. The molecule has 0 spiro atoms. The van der Waals surface area contributed by atoms with Gasteiger partial charge in [-0.05, 0) is 12.5 Å². The molecule has 15 heavy (non-hydrogen) atoms. The van der Waals surface area contributed by atoms with Gasteiger partial charge in [0.25, 0.3) is 0 Å². The number of nitriles is 1. The smallest absolute Gasteiger partial charge is 0.207 e. The van der Waals surface area contributed by atoms with Crippen molar-refractivity contribution in [2.24, 2.45) is 0 Å². The Balaban J connectivity index is 2.75. The van der Waals surface area contributed by atoms with Crippen LogP contribution < -0.4 is 10.6 Å². The molecule has 0 aliphatic carbocycles. The van der Waals surface area contributed by atoms with Gasteiger partial charge in [0.05, 0.1) is 0 Å². The topological polar surface area (TPSA) is 71.7 Å². The number of hydrogen-bond donors (Lipinski definition) is 3. The number of rotatable bonds is 1. The summed E-state index contributed by atoms with van der Waals surface area (Å²) in [6.45, 7) is 1.94. The fourth-order valence-corrected chi connectivity index (χ4v) is 1.43. The molecule has 0 unspecified atom stereocenters. The Morgan fingerprint density at radius 3 is 2.73 bits per heavy atom. The largest absolute Gasteiger partial charge is 0.316 e. The van der Waals surface area contributed by atoms with Gasteiger partial charge < -0.3 is 5.32 Å². The van der Waals surface area contributed by atoms with Crippen molar-refractivity contribution < 1.29 is 0 Å². The first kappa shape index (κ1) is 11.1. The molecule has 0 aromatic heterocycles. The summed E-state index contributed by atoms with van der Waals surface area (Å²) in [5.74, 6) is -0.120. The number of benzene rings is 1. The number of nitrogens with one attached hydrogen (secondary N) is 3. The summed E-state index contributed by atoms with van der Waals surface area (Å²) in [6, 6.07) is 7.59. The van der Waals surface area contributed by atoms with Crippen LogP contribution in [0.2, 0.25) is 0 Å². The second-order valence-electron chi connectivity index (χ2n) is 2.88. The molecule has 0 aliphatic heterocycles. The monoisotopic (exact) mass is 218 g/mol. The summed E-state index contributed by atoms with van der Waals surface area (Å²) in [4.78, 5) is 0.431. The zero-order valence-electron chi connectivity index (χ0n) is 8.16. The van der Waals surface area contributed by atoms with Gasteiger partial charge in [0.2, 0.25) is 5.96 Å². The Morgan fingerprint density at radius 1 is 1.47 bits per heavy atom. The average molecular weight is 218 g/mol. The second kappa shape index (κ2) is 5.08. The van der Waals surface area contributed by atoms with Crippen LogP contribution in [0, 0.1) is 23.8 Å². The highest BCUT2D eigenvalue weighted by molar-refractivity contribution is 7.80. The van der Waals surface area contributed by atoms with Crippen molar-refractivity contribution >= 4 is 23.2 Å². The quantitative estimate of drug-likeness (QED) is 0.218. The van der Waals surface area contributed by atoms with Crippen molar-refractivity contribution in [2.75, 3.05) is 0 Å². The van der Waals surface area contributed by atoms with E-state index < -0.39 is 0 Å². The first-order valence-electron chi connectivity index (χ1n) is 4.26. The van der Waals surface area contributed by atoms with Crippen LogP contribution >= 0.6 is 12.2 Å². The molecular weight excluding hydrogens is 208 g/mol. The van der Waals surface area contributed by atoms with Crippen LogP contribution in [-0.2, 0) is 0 Å². The van der Waals surface area contributed by atoms with Crippen molar-refractivity contribution in [1.82, 2.24) is 10.6 Å². The summed E-state index contributed by atoms with van der Waals surface area (Å²) < 4.78 is 0. The average Bonchev–Trinajstić information content (AvgIpc) is 2.18. The Kier molecular flexibility index (Phi) is 3.77. The molecule has 0 bridgehead atoms. The SMILES string of the molecule is Cc1ccccc1C(=S)NC(=N)NC#N. The van der Waals surface area contributed by atoms with Gasteiger partial charge in [-0.1, -0.05) is 36.5 Å². The summed E-state index contributed by atoms with van der Waals surface area (Å²) in [5.41, 5.74) is 1.89. The second-order valence-corrected chi connectivity index (χ2v) is 3.29. The Hall–Kier alpha value is -1.93. The molecule has 76 valence electrons. The summed E-state index contributed by atoms with van der Waals surface area (Å²) in [7, 11) is 0. The lowest BCUT2D eigenvalue weighted by Crippen LogP contribution is -2.37. The van der Waals surface area contributed by atoms with Crippen molar-refractivity contribution in [2.45, 2.75) is 6.92 Å². The van der Waals surface area contributed by atoms with Gasteiger partial charge in [0, 0.05) is 5.56 Å². The maximum Gasteiger partial charge on any atom is 0.207 e. The highest BCUT2D eigenvalue weighted by atomic mass is 32.1. The van der Waals surface area contributed by atoms with E-state index in [9.17, 15) is 0 Å². The Bertz CT molecular complexity index is 433. The van der Waals surface area contributed by atoms with Crippen LogP contribution in [0.25, 0.3) is 0 Å². The third-order valence-corrected chi connectivity index (χ3v) is 2.13. The molecular formula is C10H10N4S. The van der Waals surface area contributed by atoms with E-state index in [-0.39, 0.29) is 5.96 Å². The lowest BCUT2D eigenvalue weighted by atomic mass is 10.1. The summed E-state index contributed by atoms with van der Waals surface area (Å²) >= 11 is 5.10. The minimum absolute atomic E-state index is 0.120. The molecule has 3 N–H and O–H groups in total. The number of nitrogens with zero attached hydrogens (tertiary/aromatic N) is 1. The van der Waals surface area contributed by atoms with Gasteiger partial charge in [0.15, 0.2) is 6.19 Å². The van der Waals surface area contributed by atoms with Crippen LogP contribution in [0.3, 0.4) is 0 Å². The molecule has 0 saturated carbocycles. The zero-order chi connectivity index (χ0) is 11.3. The molecule has 5 heteroatoms. The first-order valence-corrected chi connectivity index (χ1v) is 4.66. The lowest BCUT2D eigenvalue weighted by Gasteiger charge is -2.09. The molecule has 0 radical (unpaired) electrons. The Labute approximate surface area is 93.4 Å². The molecule has 4 nitrogen and oxygen atoms in total.